The number of nitrogens with one attached hydrogen (secondary N) is 1. The predicted octanol–water partition coefficient (Wildman–Crippen LogP) is 2.98. The van der Waals surface area contributed by atoms with Crippen molar-refractivity contribution in [2.24, 2.45) is 4.99 Å². The molecule has 0 aliphatic carbocycles. The van der Waals surface area contributed by atoms with Crippen LogP contribution in [0.2, 0.25) is 0 Å². The zero-order chi connectivity index (χ0) is 9.94. The molecule has 0 aromatic heterocycles. The maximum atomic E-state index is 4.31. The molecule has 0 radical (unpaired) electrons. The van der Waals surface area contributed by atoms with Crippen LogP contribution in [0.4, 0.5) is 0 Å². The van der Waals surface area contributed by atoms with Gasteiger partial charge < -0.3 is 5.32 Å². The fourth-order valence-electron chi connectivity index (χ4n) is 1.16. The Morgan fingerprint density at radius 1 is 1.23 bits per heavy atom. The third-order valence-corrected chi connectivity index (χ3v) is 1.76. The molecule has 13 heavy (non-hydrogen) atoms. The van der Waals surface area contributed by atoms with Crippen molar-refractivity contribution in [3.8, 4) is 0 Å². The van der Waals surface area contributed by atoms with Crippen LogP contribution in [0.5, 0.6) is 0 Å². The maximum Gasteiger partial charge on any atom is 0.0964 e. The van der Waals surface area contributed by atoms with Gasteiger partial charge in [0.2, 0.25) is 0 Å². The fourth-order valence-corrected chi connectivity index (χ4v) is 1.16. The second-order valence-electron chi connectivity index (χ2n) is 3.42. The molecule has 78 valence electrons. The molecule has 0 unspecified atom stereocenters. The zero-order valence-electron chi connectivity index (χ0n) is 9.40. The lowest BCUT2D eigenvalue weighted by Gasteiger charge is -1.99. The van der Waals surface area contributed by atoms with E-state index in [2.05, 4.69) is 31.1 Å². The van der Waals surface area contributed by atoms with E-state index in [4.69, 9.17) is 0 Å². The highest BCUT2D eigenvalue weighted by Gasteiger charge is 2.02. The van der Waals surface area contributed by atoms with Gasteiger partial charge >= 0.3 is 0 Å². The van der Waals surface area contributed by atoms with Gasteiger partial charge in [-0.2, -0.15) is 0 Å². The predicted molar refractivity (Wildman–Crippen MR) is 60.4 cm³/mol. The molecule has 0 fully saturated rings. The molecule has 0 amide bonds. The van der Waals surface area contributed by atoms with Crippen molar-refractivity contribution < 1.29 is 0 Å². The van der Waals surface area contributed by atoms with Crippen molar-refractivity contribution in [3.63, 3.8) is 0 Å². The van der Waals surface area contributed by atoms with Crippen LogP contribution in [-0.4, -0.2) is 18.9 Å². The Hall–Kier alpha value is -0.530. The summed E-state index contributed by atoms with van der Waals surface area (Å²) in [6.07, 6.45) is 6.34. The van der Waals surface area contributed by atoms with Crippen LogP contribution < -0.4 is 5.32 Å². The van der Waals surface area contributed by atoms with Crippen molar-refractivity contribution in [3.05, 3.63) is 0 Å². The van der Waals surface area contributed by atoms with Crippen molar-refractivity contribution in [2.75, 3.05) is 13.1 Å². The minimum absolute atomic E-state index is 0.988. The highest BCUT2D eigenvalue weighted by Crippen LogP contribution is 2.01. The van der Waals surface area contributed by atoms with Gasteiger partial charge in [0.25, 0.3) is 0 Å². The van der Waals surface area contributed by atoms with Gasteiger partial charge in [0.05, 0.1) is 12.4 Å². The quantitative estimate of drug-likeness (QED) is 0.667. The van der Waals surface area contributed by atoms with E-state index in [0.29, 0.717) is 0 Å². The zero-order valence-corrected chi connectivity index (χ0v) is 9.40. The molecule has 1 heterocycles. The Kier molecular flexibility index (Phi) is 9.17. The molecule has 2 heteroatoms. The van der Waals surface area contributed by atoms with E-state index in [1.165, 1.54) is 31.5 Å². The summed E-state index contributed by atoms with van der Waals surface area (Å²) in [6.45, 7) is 8.52. The lowest BCUT2D eigenvalue weighted by atomic mass is 10.2. The first-order valence-corrected chi connectivity index (χ1v) is 5.62. The largest absolute Gasteiger partial charge is 0.372 e. The fraction of sp³-hybridized carbons (Fsp3) is 0.909. The van der Waals surface area contributed by atoms with Crippen LogP contribution in [0.15, 0.2) is 4.99 Å². The van der Waals surface area contributed by atoms with Crippen LogP contribution in [0, 0.1) is 0 Å². The number of unbranched alkanes of at least 4 members (excludes halogenated alkanes) is 2. The Bertz CT molecular complexity index is 130. The first-order valence-electron chi connectivity index (χ1n) is 5.62. The standard InChI is InChI=1S/C8H16N2.C3H8/c1-2-3-4-5-8-9-6-7-10-8;1-3-2/h2-7H2,1H3,(H,9,10);3H2,1-2H3. The second-order valence-corrected chi connectivity index (χ2v) is 3.42. The smallest absolute Gasteiger partial charge is 0.0964 e. The first-order chi connectivity index (χ1) is 6.35. The summed E-state index contributed by atoms with van der Waals surface area (Å²) in [4.78, 5) is 4.31. The van der Waals surface area contributed by atoms with Crippen LogP contribution in [0.25, 0.3) is 0 Å². The van der Waals surface area contributed by atoms with Crippen LogP contribution >= 0.6 is 0 Å². The van der Waals surface area contributed by atoms with Gasteiger partial charge in [-0.1, -0.05) is 40.0 Å². The van der Waals surface area contributed by atoms with E-state index in [0.717, 1.165) is 19.5 Å². The number of rotatable bonds is 4. The molecule has 0 saturated carbocycles. The van der Waals surface area contributed by atoms with Gasteiger partial charge in [0.15, 0.2) is 0 Å². The third kappa shape index (κ3) is 7.82. The molecule has 1 aliphatic rings. The molecule has 0 spiro atoms. The molecule has 0 bridgehead atoms. The maximum absolute atomic E-state index is 4.31. The van der Waals surface area contributed by atoms with Crippen molar-refractivity contribution in [1.29, 1.82) is 0 Å². The molecular weight excluding hydrogens is 160 g/mol. The Morgan fingerprint density at radius 3 is 2.38 bits per heavy atom. The highest BCUT2D eigenvalue weighted by atomic mass is 15.1. The molecule has 1 rings (SSSR count). The van der Waals surface area contributed by atoms with Gasteiger partial charge in [-0.05, 0) is 6.42 Å². The van der Waals surface area contributed by atoms with Gasteiger partial charge in [-0.25, -0.2) is 0 Å². The van der Waals surface area contributed by atoms with Crippen molar-refractivity contribution in [1.82, 2.24) is 5.32 Å². The van der Waals surface area contributed by atoms with Gasteiger partial charge in [-0.15, -0.1) is 0 Å². The van der Waals surface area contributed by atoms with Gasteiger partial charge in [0, 0.05) is 13.0 Å². The van der Waals surface area contributed by atoms with E-state index < -0.39 is 0 Å². The minimum Gasteiger partial charge on any atom is -0.372 e. The summed E-state index contributed by atoms with van der Waals surface area (Å²) in [5.41, 5.74) is 0. The molecule has 1 N–H and O–H groups in total. The number of aliphatic imine (C=N–C) groups is 1. The molecule has 1 aliphatic heterocycles. The van der Waals surface area contributed by atoms with E-state index >= 15 is 0 Å². The number of hydrogen-bond donors (Lipinski definition) is 1. The van der Waals surface area contributed by atoms with Crippen LogP contribution in [0.3, 0.4) is 0 Å². The van der Waals surface area contributed by atoms with E-state index in [1.54, 1.807) is 0 Å². The van der Waals surface area contributed by atoms with Crippen molar-refractivity contribution in [2.45, 2.75) is 52.9 Å². The molecule has 0 aromatic rings. The summed E-state index contributed by atoms with van der Waals surface area (Å²) < 4.78 is 0. The summed E-state index contributed by atoms with van der Waals surface area (Å²) >= 11 is 0. The lowest BCUT2D eigenvalue weighted by molar-refractivity contribution is 0.735. The normalized spacial score (nSPS) is 14.2. The summed E-state index contributed by atoms with van der Waals surface area (Å²) in [5.74, 6) is 1.23. The number of hydrogen-bond acceptors (Lipinski definition) is 2. The SMILES string of the molecule is CCC.CCCCCC1=NCCN1. The van der Waals surface area contributed by atoms with Gasteiger partial charge in [-0.3, -0.25) is 4.99 Å². The minimum atomic E-state index is 0.988. The van der Waals surface area contributed by atoms with Crippen LogP contribution in [-0.2, 0) is 0 Å². The topological polar surface area (TPSA) is 24.4 Å². The Morgan fingerprint density at radius 2 is 1.92 bits per heavy atom. The molecule has 2 nitrogen and oxygen atoms in total. The van der Waals surface area contributed by atoms with E-state index in [1.807, 2.05) is 0 Å². The lowest BCUT2D eigenvalue weighted by Crippen LogP contribution is -2.17. The highest BCUT2D eigenvalue weighted by molar-refractivity contribution is 5.83. The molecule has 0 saturated heterocycles. The monoisotopic (exact) mass is 184 g/mol. The average Bonchev–Trinajstić information content (AvgIpc) is 2.59. The second kappa shape index (κ2) is 9.56. The Balaban J connectivity index is 0.000000424. The Labute approximate surface area is 82.8 Å². The molecular formula is C11H24N2. The van der Waals surface area contributed by atoms with E-state index in [9.17, 15) is 0 Å². The summed E-state index contributed by atoms with van der Waals surface area (Å²) in [5, 5.41) is 3.27. The van der Waals surface area contributed by atoms with Crippen molar-refractivity contribution >= 4 is 5.84 Å². The number of nitrogens with zero attached hydrogens (tertiary/aromatic N) is 1. The number of amidine groups is 1. The third-order valence-electron chi connectivity index (χ3n) is 1.76. The summed E-state index contributed by atoms with van der Waals surface area (Å²) in [6, 6.07) is 0. The van der Waals surface area contributed by atoms with Gasteiger partial charge in [0.1, 0.15) is 0 Å². The molecule has 0 aromatic carbocycles. The first kappa shape index (κ1) is 12.5. The van der Waals surface area contributed by atoms with E-state index in [-0.39, 0.29) is 0 Å². The van der Waals surface area contributed by atoms with Crippen LogP contribution in [0.1, 0.15) is 52.9 Å². The summed E-state index contributed by atoms with van der Waals surface area (Å²) in [7, 11) is 0. The molecule has 0 atom stereocenters. The average molecular weight is 184 g/mol.